The van der Waals surface area contributed by atoms with E-state index >= 15 is 0 Å². The Morgan fingerprint density at radius 2 is 1.93 bits per heavy atom. The summed E-state index contributed by atoms with van der Waals surface area (Å²) in [5.74, 6) is -0.644. The zero-order valence-electron chi connectivity index (χ0n) is 15.8. The van der Waals surface area contributed by atoms with E-state index < -0.39 is 5.97 Å². The van der Waals surface area contributed by atoms with Gasteiger partial charge >= 0.3 is 5.97 Å². The highest BCUT2D eigenvalue weighted by Gasteiger charge is 2.18. The number of thiophene rings is 1. The van der Waals surface area contributed by atoms with Crippen molar-refractivity contribution < 1.29 is 19.1 Å². The molecule has 0 amide bonds. The molecule has 2 aromatic heterocycles. The van der Waals surface area contributed by atoms with Crippen LogP contribution in [0.5, 0.6) is 0 Å². The molecule has 27 heavy (non-hydrogen) atoms. The van der Waals surface area contributed by atoms with Crippen molar-refractivity contribution in [3.63, 3.8) is 0 Å². The number of ketones is 1. The molecular formula is C21H23NO4S. The van der Waals surface area contributed by atoms with Gasteiger partial charge in [-0.2, -0.15) is 0 Å². The fourth-order valence-electron chi connectivity index (χ4n) is 3.16. The summed E-state index contributed by atoms with van der Waals surface area (Å²) >= 11 is 1.37. The number of aromatic nitrogens is 1. The zero-order valence-corrected chi connectivity index (χ0v) is 16.6. The highest BCUT2D eigenvalue weighted by atomic mass is 32.1. The van der Waals surface area contributed by atoms with Crippen LogP contribution in [0.4, 0.5) is 0 Å². The number of fused-ring (bicyclic) bond motifs is 1. The number of methoxy groups -OCH3 is 1. The minimum absolute atomic E-state index is 0.185. The van der Waals surface area contributed by atoms with E-state index in [-0.39, 0.29) is 12.4 Å². The Morgan fingerprint density at radius 3 is 2.67 bits per heavy atom. The van der Waals surface area contributed by atoms with Gasteiger partial charge in [0.15, 0.2) is 6.61 Å². The first-order valence-corrected chi connectivity index (χ1v) is 9.67. The van der Waals surface area contributed by atoms with Gasteiger partial charge in [0, 0.05) is 41.9 Å². The molecular weight excluding hydrogens is 362 g/mol. The van der Waals surface area contributed by atoms with Crippen LogP contribution < -0.4 is 0 Å². The molecule has 0 radical (unpaired) electrons. The molecule has 5 nitrogen and oxygen atoms in total. The number of hydrogen-bond acceptors (Lipinski definition) is 5. The minimum Gasteiger partial charge on any atom is -0.453 e. The van der Waals surface area contributed by atoms with E-state index in [4.69, 9.17) is 9.47 Å². The van der Waals surface area contributed by atoms with Gasteiger partial charge in [0.1, 0.15) is 4.88 Å². The Hall–Kier alpha value is -2.44. The lowest BCUT2D eigenvalue weighted by Gasteiger charge is -2.09. The SMILES string of the molecule is COCCCn1c(C)cc(C(=O)COC(=O)c2cc3ccccc3s2)c1C. The number of esters is 1. The predicted octanol–water partition coefficient (Wildman–Crippen LogP) is 4.40. The summed E-state index contributed by atoms with van der Waals surface area (Å²) in [6.45, 7) is 5.10. The van der Waals surface area contributed by atoms with E-state index in [2.05, 4.69) is 4.57 Å². The average Bonchev–Trinajstić information content (AvgIpc) is 3.22. The lowest BCUT2D eigenvalue weighted by molar-refractivity contribution is 0.0479. The third-order valence-corrected chi connectivity index (χ3v) is 5.66. The Balaban J connectivity index is 1.65. The minimum atomic E-state index is -0.460. The molecule has 0 aliphatic rings. The number of carbonyl (C=O) groups is 2. The zero-order chi connectivity index (χ0) is 19.4. The van der Waals surface area contributed by atoms with Crippen molar-refractivity contribution >= 4 is 33.2 Å². The van der Waals surface area contributed by atoms with Crippen LogP contribution in [0.3, 0.4) is 0 Å². The van der Waals surface area contributed by atoms with Gasteiger partial charge in [0.25, 0.3) is 0 Å². The van der Waals surface area contributed by atoms with E-state index in [9.17, 15) is 9.59 Å². The molecule has 0 N–H and O–H groups in total. The molecule has 0 spiro atoms. The maximum absolute atomic E-state index is 12.6. The van der Waals surface area contributed by atoms with E-state index in [1.165, 1.54) is 11.3 Å². The van der Waals surface area contributed by atoms with E-state index in [0.29, 0.717) is 17.0 Å². The molecule has 142 valence electrons. The van der Waals surface area contributed by atoms with Gasteiger partial charge in [-0.05, 0) is 43.9 Å². The largest absolute Gasteiger partial charge is 0.453 e. The first-order chi connectivity index (χ1) is 13.0. The van der Waals surface area contributed by atoms with Gasteiger partial charge < -0.3 is 14.0 Å². The molecule has 0 fully saturated rings. The third-order valence-electron chi connectivity index (χ3n) is 4.57. The second-order valence-electron chi connectivity index (χ2n) is 6.43. The highest BCUT2D eigenvalue weighted by Crippen LogP contribution is 2.26. The van der Waals surface area contributed by atoms with Gasteiger partial charge in [-0.3, -0.25) is 4.79 Å². The molecule has 0 saturated heterocycles. The number of carbonyl (C=O) groups excluding carboxylic acids is 2. The number of aryl methyl sites for hydroxylation is 1. The third kappa shape index (κ3) is 4.28. The van der Waals surface area contributed by atoms with Crippen molar-refractivity contribution in [3.05, 3.63) is 58.2 Å². The van der Waals surface area contributed by atoms with Crippen molar-refractivity contribution in [2.75, 3.05) is 20.3 Å². The number of nitrogens with zero attached hydrogens (tertiary/aromatic N) is 1. The van der Waals surface area contributed by atoms with Gasteiger partial charge in [0.2, 0.25) is 5.78 Å². The molecule has 3 aromatic rings. The average molecular weight is 385 g/mol. The molecule has 2 heterocycles. The number of Topliss-reactive ketones (excluding diaryl/α,β-unsaturated/α-hetero) is 1. The summed E-state index contributed by atoms with van der Waals surface area (Å²) < 4.78 is 13.5. The Bertz CT molecular complexity index is 937. The van der Waals surface area contributed by atoms with Crippen molar-refractivity contribution in [2.24, 2.45) is 0 Å². The Labute approximate surface area is 162 Å². The van der Waals surface area contributed by atoms with Crippen molar-refractivity contribution in [1.29, 1.82) is 0 Å². The van der Waals surface area contributed by atoms with Crippen LogP contribution in [0.25, 0.3) is 10.1 Å². The highest BCUT2D eigenvalue weighted by molar-refractivity contribution is 7.20. The number of hydrogen-bond donors (Lipinski definition) is 0. The maximum Gasteiger partial charge on any atom is 0.348 e. The molecule has 0 aliphatic carbocycles. The van der Waals surface area contributed by atoms with Gasteiger partial charge in [-0.1, -0.05) is 18.2 Å². The topological polar surface area (TPSA) is 57.5 Å². The normalized spacial score (nSPS) is 11.1. The predicted molar refractivity (Wildman–Crippen MR) is 107 cm³/mol. The molecule has 1 aromatic carbocycles. The maximum atomic E-state index is 12.6. The van der Waals surface area contributed by atoms with Crippen LogP contribution in [0.2, 0.25) is 0 Å². The monoisotopic (exact) mass is 385 g/mol. The molecule has 0 atom stereocenters. The standard InChI is InChI=1S/C21H23NO4S/c1-14-11-17(15(2)22(14)9-6-10-25-3)18(23)13-26-21(24)20-12-16-7-4-5-8-19(16)27-20/h4-5,7-8,11-12H,6,9-10,13H2,1-3H3. The van der Waals surface area contributed by atoms with Gasteiger partial charge in [-0.25, -0.2) is 4.79 Å². The van der Waals surface area contributed by atoms with Crippen molar-refractivity contribution in [3.8, 4) is 0 Å². The summed E-state index contributed by atoms with van der Waals surface area (Å²) in [4.78, 5) is 25.4. The van der Waals surface area contributed by atoms with Gasteiger partial charge in [0.05, 0.1) is 0 Å². The molecule has 6 heteroatoms. The molecule has 3 rings (SSSR count). The summed E-state index contributed by atoms with van der Waals surface area (Å²) in [5, 5.41) is 1.00. The van der Waals surface area contributed by atoms with Crippen molar-refractivity contribution in [1.82, 2.24) is 4.57 Å². The Morgan fingerprint density at radius 1 is 1.15 bits per heavy atom. The van der Waals surface area contributed by atoms with Crippen LogP contribution in [0.1, 0.15) is 37.8 Å². The van der Waals surface area contributed by atoms with Crippen LogP contribution in [-0.4, -0.2) is 36.6 Å². The van der Waals surface area contributed by atoms with Crippen LogP contribution in [0.15, 0.2) is 36.4 Å². The summed E-state index contributed by atoms with van der Waals surface area (Å²) in [6.07, 6.45) is 0.876. The second kappa shape index (κ2) is 8.50. The number of ether oxygens (including phenoxy) is 2. The lowest BCUT2D eigenvalue weighted by Crippen LogP contribution is -2.14. The van der Waals surface area contributed by atoms with Crippen molar-refractivity contribution in [2.45, 2.75) is 26.8 Å². The fraction of sp³-hybridized carbons (Fsp3) is 0.333. The summed E-state index contributed by atoms with van der Waals surface area (Å²) in [6, 6.07) is 11.4. The Kier molecular flexibility index (Phi) is 6.08. The molecule has 0 saturated carbocycles. The summed E-state index contributed by atoms with van der Waals surface area (Å²) in [7, 11) is 1.68. The van der Waals surface area contributed by atoms with Gasteiger partial charge in [-0.15, -0.1) is 11.3 Å². The van der Waals surface area contributed by atoms with Crippen LogP contribution >= 0.6 is 11.3 Å². The first-order valence-electron chi connectivity index (χ1n) is 8.86. The quantitative estimate of drug-likeness (QED) is 0.328. The number of benzene rings is 1. The van der Waals surface area contributed by atoms with E-state index in [0.717, 1.165) is 34.4 Å². The number of rotatable bonds is 8. The smallest absolute Gasteiger partial charge is 0.348 e. The lowest BCUT2D eigenvalue weighted by atomic mass is 10.1. The molecule has 0 bridgehead atoms. The first kappa shape index (κ1) is 19.3. The van der Waals surface area contributed by atoms with E-state index in [1.807, 2.05) is 44.2 Å². The fourth-order valence-corrected chi connectivity index (χ4v) is 4.11. The molecule has 0 aliphatic heterocycles. The molecule has 0 unspecified atom stereocenters. The van der Waals surface area contributed by atoms with Crippen LogP contribution in [-0.2, 0) is 16.0 Å². The second-order valence-corrected chi connectivity index (χ2v) is 7.51. The van der Waals surface area contributed by atoms with E-state index in [1.54, 1.807) is 13.2 Å². The van der Waals surface area contributed by atoms with Crippen LogP contribution in [0, 0.1) is 13.8 Å². The summed E-state index contributed by atoms with van der Waals surface area (Å²) in [5.41, 5.74) is 2.52.